The first kappa shape index (κ1) is 21.8. The maximum atomic E-state index is 6.07. The Balaban J connectivity index is 0.00000240. The number of hydrogen-bond donors (Lipinski definition) is 1. The van der Waals surface area contributed by atoms with Gasteiger partial charge in [-0.3, -0.25) is 4.90 Å². The van der Waals surface area contributed by atoms with Gasteiger partial charge in [-0.25, -0.2) is 0 Å². The molecule has 0 amide bonds. The van der Waals surface area contributed by atoms with Gasteiger partial charge in [0.1, 0.15) is 6.61 Å². The Morgan fingerprint density at radius 1 is 1.00 bits per heavy atom. The number of halogens is 1. The van der Waals surface area contributed by atoms with Crippen LogP contribution in [0, 0.1) is 5.41 Å². The third kappa shape index (κ3) is 4.97. The van der Waals surface area contributed by atoms with Gasteiger partial charge >= 0.3 is 0 Å². The molecule has 2 aliphatic rings. The smallest absolute Gasteiger partial charge is 0.203 e. The molecule has 2 heterocycles. The number of nitrogens with zero attached hydrogens (tertiary/aromatic N) is 1. The number of nitrogens with one attached hydrogen (secondary N) is 1. The van der Waals surface area contributed by atoms with Crippen molar-refractivity contribution in [2.75, 3.05) is 40.4 Å². The Morgan fingerprint density at radius 3 is 2.34 bits per heavy atom. The lowest BCUT2D eigenvalue weighted by molar-refractivity contribution is 0.259. The average molecular weight is 419 g/mol. The average Bonchev–Trinajstić information content (AvgIpc) is 3.36. The molecular formula is C23H31ClN2O3. The minimum atomic E-state index is 0. The lowest BCUT2D eigenvalue weighted by Crippen LogP contribution is -2.28. The monoisotopic (exact) mass is 418 g/mol. The van der Waals surface area contributed by atoms with Crippen molar-refractivity contribution in [2.45, 2.75) is 26.0 Å². The molecule has 158 valence electrons. The summed E-state index contributed by atoms with van der Waals surface area (Å²) >= 11 is 0. The van der Waals surface area contributed by atoms with Gasteiger partial charge in [0.2, 0.25) is 5.75 Å². The quantitative estimate of drug-likeness (QED) is 0.738. The van der Waals surface area contributed by atoms with E-state index in [4.69, 9.17) is 14.2 Å². The molecular weight excluding hydrogens is 388 g/mol. The van der Waals surface area contributed by atoms with E-state index in [-0.39, 0.29) is 12.4 Å². The maximum absolute atomic E-state index is 6.07. The number of methoxy groups -OCH3 is 2. The minimum Gasteiger partial charge on any atom is -0.493 e. The van der Waals surface area contributed by atoms with E-state index in [1.807, 2.05) is 18.2 Å². The summed E-state index contributed by atoms with van der Waals surface area (Å²) in [5.41, 5.74) is 2.79. The molecule has 29 heavy (non-hydrogen) atoms. The third-order valence-electron chi connectivity index (χ3n) is 6.00. The summed E-state index contributed by atoms with van der Waals surface area (Å²) in [6.45, 7) is 6.02. The maximum Gasteiger partial charge on any atom is 0.203 e. The van der Waals surface area contributed by atoms with Crippen LogP contribution in [0.1, 0.15) is 24.0 Å². The predicted octanol–water partition coefficient (Wildman–Crippen LogP) is 3.89. The summed E-state index contributed by atoms with van der Waals surface area (Å²) in [5.74, 6) is 2.11. The summed E-state index contributed by atoms with van der Waals surface area (Å²) in [7, 11) is 3.37. The molecule has 4 rings (SSSR count). The van der Waals surface area contributed by atoms with Gasteiger partial charge in [-0.15, -0.1) is 12.4 Å². The van der Waals surface area contributed by atoms with E-state index in [0.29, 0.717) is 17.8 Å². The molecule has 1 spiro atoms. The number of benzene rings is 2. The van der Waals surface area contributed by atoms with Gasteiger partial charge in [0.05, 0.1) is 14.2 Å². The molecule has 2 aliphatic heterocycles. The van der Waals surface area contributed by atoms with Gasteiger partial charge in [0.25, 0.3) is 0 Å². The highest BCUT2D eigenvalue weighted by molar-refractivity contribution is 5.85. The topological polar surface area (TPSA) is 43.0 Å². The molecule has 5 nitrogen and oxygen atoms in total. The zero-order chi connectivity index (χ0) is 19.4. The molecule has 1 atom stereocenters. The zero-order valence-corrected chi connectivity index (χ0v) is 18.1. The Labute approximate surface area is 179 Å². The van der Waals surface area contributed by atoms with E-state index in [0.717, 1.165) is 49.8 Å². The van der Waals surface area contributed by atoms with Gasteiger partial charge in [0, 0.05) is 19.6 Å². The molecule has 2 aromatic rings. The molecule has 0 bridgehead atoms. The van der Waals surface area contributed by atoms with Gasteiger partial charge < -0.3 is 19.5 Å². The largest absolute Gasteiger partial charge is 0.493 e. The fourth-order valence-electron chi connectivity index (χ4n) is 4.46. The highest BCUT2D eigenvalue weighted by atomic mass is 35.5. The number of rotatable bonds is 7. The Kier molecular flexibility index (Phi) is 7.28. The van der Waals surface area contributed by atoms with Crippen molar-refractivity contribution in [3.8, 4) is 17.2 Å². The van der Waals surface area contributed by atoms with Crippen LogP contribution in [0.15, 0.2) is 42.5 Å². The van der Waals surface area contributed by atoms with Crippen molar-refractivity contribution < 1.29 is 14.2 Å². The van der Waals surface area contributed by atoms with Crippen LogP contribution >= 0.6 is 12.4 Å². The van der Waals surface area contributed by atoms with Gasteiger partial charge in [0.15, 0.2) is 11.5 Å². The molecule has 2 aromatic carbocycles. The van der Waals surface area contributed by atoms with E-state index in [2.05, 4.69) is 34.5 Å². The van der Waals surface area contributed by atoms with Crippen LogP contribution < -0.4 is 19.5 Å². The lowest BCUT2D eigenvalue weighted by atomic mass is 9.86. The lowest BCUT2D eigenvalue weighted by Gasteiger charge is -2.23. The van der Waals surface area contributed by atoms with Crippen LogP contribution in [0.4, 0.5) is 0 Å². The van der Waals surface area contributed by atoms with Crippen molar-refractivity contribution >= 4 is 12.4 Å². The molecule has 2 saturated heterocycles. The van der Waals surface area contributed by atoms with E-state index in [1.165, 1.54) is 18.4 Å². The van der Waals surface area contributed by atoms with Crippen molar-refractivity contribution in [3.05, 3.63) is 53.6 Å². The van der Waals surface area contributed by atoms with Gasteiger partial charge in [-0.2, -0.15) is 0 Å². The van der Waals surface area contributed by atoms with E-state index >= 15 is 0 Å². The molecule has 0 aromatic heterocycles. The van der Waals surface area contributed by atoms with Crippen molar-refractivity contribution in [3.63, 3.8) is 0 Å². The number of hydrogen-bond acceptors (Lipinski definition) is 5. The van der Waals surface area contributed by atoms with Crippen LogP contribution in [0.5, 0.6) is 17.2 Å². The van der Waals surface area contributed by atoms with Crippen molar-refractivity contribution in [2.24, 2.45) is 5.41 Å². The summed E-state index contributed by atoms with van der Waals surface area (Å²) in [6.07, 6.45) is 2.58. The third-order valence-corrected chi connectivity index (χ3v) is 6.00. The van der Waals surface area contributed by atoms with Crippen molar-refractivity contribution in [1.29, 1.82) is 0 Å². The normalized spacial score (nSPS) is 21.2. The van der Waals surface area contributed by atoms with E-state index in [9.17, 15) is 0 Å². The molecule has 1 unspecified atom stereocenters. The first-order chi connectivity index (χ1) is 13.7. The zero-order valence-electron chi connectivity index (χ0n) is 17.3. The summed E-state index contributed by atoms with van der Waals surface area (Å²) in [6, 6.07) is 14.3. The first-order valence-corrected chi connectivity index (χ1v) is 10.1. The van der Waals surface area contributed by atoms with Crippen LogP contribution in [0.2, 0.25) is 0 Å². The second-order valence-corrected chi connectivity index (χ2v) is 7.99. The van der Waals surface area contributed by atoms with Crippen LogP contribution in [0.25, 0.3) is 0 Å². The Bertz CT molecular complexity index is 769. The Hall–Kier alpha value is -1.95. The molecule has 2 fully saturated rings. The highest BCUT2D eigenvalue weighted by Gasteiger charge is 2.40. The van der Waals surface area contributed by atoms with Gasteiger partial charge in [-0.05, 0) is 54.6 Å². The van der Waals surface area contributed by atoms with Crippen LogP contribution in [0.3, 0.4) is 0 Å². The summed E-state index contributed by atoms with van der Waals surface area (Å²) < 4.78 is 17.3. The van der Waals surface area contributed by atoms with Crippen LogP contribution in [-0.4, -0.2) is 45.3 Å². The molecule has 6 heteroatoms. The standard InChI is InChI=1S/C23H30N2O3.ClH/c1-26-20-12-19(14-25-11-9-23(17-25)8-10-24-16-23)13-21(27-2)22(20)28-15-18-6-4-3-5-7-18;/h3-7,12-13,24H,8-11,14-17H2,1-2H3;1H. The molecule has 0 radical (unpaired) electrons. The predicted molar refractivity (Wildman–Crippen MR) is 117 cm³/mol. The SMILES string of the molecule is COc1cc(CN2CCC3(CCNC3)C2)cc(OC)c1OCc1ccccc1.Cl. The minimum absolute atomic E-state index is 0. The highest BCUT2D eigenvalue weighted by Crippen LogP contribution is 2.41. The summed E-state index contributed by atoms with van der Waals surface area (Å²) in [5, 5.41) is 3.53. The van der Waals surface area contributed by atoms with Crippen molar-refractivity contribution in [1.82, 2.24) is 10.2 Å². The van der Waals surface area contributed by atoms with E-state index in [1.54, 1.807) is 14.2 Å². The fourth-order valence-corrected chi connectivity index (χ4v) is 4.46. The number of ether oxygens (including phenoxy) is 3. The first-order valence-electron chi connectivity index (χ1n) is 10.1. The number of likely N-dealkylation sites (tertiary alicyclic amines) is 1. The van der Waals surface area contributed by atoms with Crippen LogP contribution in [-0.2, 0) is 13.2 Å². The van der Waals surface area contributed by atoms with E-state index < -0.39 is 0 Å². The second-order valence-electron chi connectivity index (χ2n) is 7.99. The molecule has 0 aliphatic carbocycles. The Morgan fingerprint density at radius 2 is 1.72 bits per heavy atom. The fraction of sp³-hybridized carbons (Fsp3) is 0.478. The molecule has 0 saturated carbocycles. The second kappa shape index (κ2) is 9.70. The summed E-state index contributed by atoms with van der Waals surface area (Å²) in [4.78, 5) is 2.55. The van der Waals surface area contributed by atoms with Gasteiger partial charge in [-0.1, -0.05) is 30.3 Å². The molecule has 1 N–H and O–H groups in total.